The average Bonchev–Trinajstić information content (AvgIpc) is 3.09. The third kappa shape index (κ3) is 3.56. The highest BCUT2D eigenvalue weighted by Crippen LogP contribution is 2.38. The van der Waals surface area contributed by atoms with Gasteiger partial charge in [0.1, 0.15) is 18.2 Å². The number of fused-ring (bicyclic) bond motifs is 3. The minimum absolute atomic E-state index is 0.0595. The number of nitrogens with zero attached hydrogens (tertiary/aromatic N) is 1. The number of imidazole rings is 1. The number of H-pyrrole nitrogens is 1. The van der Waals surface area contributed by atoms with Crippen molar-refractivity contribution in [3.63, 3.8) is 0 Å². The Morgan fingerprint density at radius 2 is 1.85 bits per heavy atom. The van der Waals surface area contributed by atoms with E-state index < -0.39 is 0 Å². The Kier molecular flexibility index (Phi) is 4.88. The van der Waals surface area contributed by atoms with E-state index in [2.05, 4.69) is 22.4 Å². The molecule has 0 bridgehead atoms. The lowest BCUT2D eigenvalue weighted by molar-refractivity contribution is 0.305. The average molecular weight is 442 g/mol. The number of piperidine rings is 1. The van der Waals surface area contributed by atoms with Gasteiger partial charge in [-0.25, -0.2) is 9.18 Å². The Morgan fingerprint density at radius 1 is 1.00 bits per heavy atom. The van der Waals surface area contributed by atoms with Gasteiger partial charge in [-0.3, -0.25) is 4.57 Å². The summed E-state index contributed by atoms with van der Waals surface area (Å²) in [4.78, 5) is 15.8. The van der Waals surface area contributed by atoms with Crippen LogP contribution in [0.25, 0.3) is 22.7 Å². The van der Waals surface area contributed by atoms with E-state index in [1.165, 1.54) is 12.1 Å². The Bertz CT molecular complexity index is 1440. The second kappa shape index (κ2) is 8.05. The van der Waals surface area contributed by atoms with Crippen molar-refractivity contribution in [3.8, 4) is 5.75 Å². The molecule has 6 heteroatoms. The fourth-order valence-electron chi connectivity index (χ4n) is 5.04. The van der Waals surface area contributed by atoms with Gasteiger partial charge in [0.15, 0.2) is 0 Å². The summed E-state index contributed by atoms with van der Waals surface area (Å²) >= 11 is 0. The Hall–Kier alpha value is -3.64. The highest BCUT2D eigenvalue weighted by atomic mass is 19.1. The molecule has 1 fully saturated rings. The van der Waals surface area contributed by atoms with Crippen LogP contribution >= 0.6 is 0 Å². The first kappa shape index (κ1) is 20.0. The summed E-state index contributed by atoms with van der Waals surface area (Å²) in [5.41, 5.74) is 6.58. The quantitative estimate of drug-likeness (QED) is 0.466. The van der Waals surface area contributed by atoms with Gasteiger partial charge < -0.3 is 15.0 Å². The summed E-state index contributed by atoms with van der Waals surface area (Å²) < 4.78 is 21.8. The van der Waals surface area contributed by atoms with Crippen LogP contribution in [0.2, 0.25) is 0 Å². The fourth-order valence-corrected chi connectivity index (χ4v) is 5.04. The van der Waals surface area contributed by atoms with Gasteiger partial charge in [-0.05, 0) is 78.5 Å². The van der Waals surface area contributed by atoms with Crippen molar-refractivity contribution >= 4 is 22.7 Å². The van der Waals surface area contributed by atoms with Gasteiger partial charge in [0, 0.05) is 17.7 Å². The van der Waals surface area contributed by atoms with Gasteiger partial charge in [-0.15, -0.1) is 0 Å². The van der Waals surface area contributed by atoms with E-state index in [1.807, 2.05) is 41.0 Å². The number of hydrogen-bond acceptors (Lipinski definition) is 3. The lowest BCUT2D eigenvalue weighted by atomic mass is 9.92. The topological polar surface area (TPSA) is 59.1 Å². The number of halogens is 1. The van der Waals surface area contributed by atoms with Crippen LogP contribution in [0.5, 0.6) is 5.75 Å². The van der Waals surface area contributed by atoms with Crippen LogP contribution in [0.15, 0.2) is 65.5 Å². The van der Waals surface area contributed by atoms with Crippen LogP contribution in [0.1, 0.15) is 41.1 Å². The van der Waals surface area contributed by atoms with Crippen LogP contribution < -0.4 is 15.7 Å². The first-order chi connectivity index (χ1) is 16.2. The predicted octanol–water partition coefficient (Wildman–Crippen LogP) is 4.87. The second-order valence-electron chi connectivity index (χ2n) is 8.70. The Balaban J connectivity index is 1.49. The van der Waals surface area contributed by atoms with Crippen molar-refractivity contribution in [2.75, 3.05) is 13.1 Å². The van der Waals surface area contributed by atoms with Crippen LogP contribution in [-0.4, -0.2) is 22.6 Å². The molecular weight excluding hydrogens is 417 g/mol. The number of aromatic nitrogens is 2. The molecule has 0 saturated carbocycles. The maximum Gasteiger partial charge on any atom is 0.326 e. The molecule has 1 saturated heterocycles. The molecule has 0 atom stereocenters. The molecule has 166 valence electrons. The normalized spacial score (nSPS) is 17.4. The fraction of sp³-hybridized carbons (Fsp3) is 0.222. The molecule has 3 heterocycles. The Labute approximate surface area is 190 Å². The zero-order chi connectivity index (χ0) is 22.4. The number of aromatic amines is 1. The summed E-state index contributed by atoms with van der Waals surface area (Å²) in [6.45, 7) is 2.24. The van der Waals surface area contributed by atoms with Gasteiger partial charge in [0.25, 0.3) is 0 Å². The standard InChI is InChI=1S/C27H24FN3O2/c28-19-6-7-22-23(21-4-2-1-3-18(21)16-33-26(22)15-19)13-17-5-8-25-24(14-17)30-27(32)31(25)20-9-11-29-12-10-20/h1-8,13-15,20,29H,9-12,16H2,(H,30,32). The van der Waals surface area contributed by atoms with E-state index in [1.54, 1.807) is 6.07 Å². The zero-order valence-corrected chi connectivity index (χ0v) is 18.1. The smallest absolute Gasteiger partial charge is 0.326 e. The van der Waals surface area contributed by atoms with Crippen LogP contribution in [0.4, 0.5) is 4.39 Å². The monoisotopic (exact) mass is 441 g/mol. The highest BCUT2D eigenvalue weighted by molar-refractivity contribution is 5.95. The lowest BCUT2D eigenvalue weighted by Crippen LogP contribution is -2.33. The van der Waals surface area contributed by atoms with Crippen molar-refractivity contribution in [1.82, 2.24) is 14.9 Å². The number of rotatable bonds is 2. The van der Waals surface area contributed by atoms with E-state index in [-0.39, 0.29) is 17.5 Å². The molecule has 0 spiro atoms. The summed E-state index contributed by atoms with van der Waals surface area (Å²) in [7, 11) is 0. The molecule has 2 N–H and O–H groups in total. The van der Waals surface area contributed by atoms with Gasteiger partial charge in [0.05, 0.1) is 11.0 Å². The molecule has 2 aliphatic heterocycles. The molecule has 0 unspecified atom stereocenters. The zero-order valence-electron chi connectivity index (χ0n) is 18.1. The largest absolute Gasteiger partial charge is 0.488 e. The Morgan fingerprint density at radius 3 is 2.73 bits per heavy atom. The van der Waals surface area contributed by atoms with Crippen molar-refractivity contribution in [2.24, 2.45) is 0 Å². The minimum Gasteiger partial charge on any atom is -0.488 e. The first-order valence-corrected chi connectivity index (χ1v) is 11.3. The summed E-state index contributed by atoms with van der Waals surface area (Å²) in [6, 6.07) is 19.0. The van der Waals surface area contributed by atoms with Gasteiger partial charge in [-0.2, -0.15) is 0 Å². The van der Waals surface area contributed by atoms with E-state index in [4.69, 9.17) is 4.74 Å². The van der Waals surface area contributed by atoms with E-state index in [0.29, 0.717) is 12.4 Å². The van der Waals surface area contributed by atoms with Crippen LogP contribution in [0, 0.1) is 5.82 Å². The number of ether oxygens (including phenoxy) is 1. The van der Waals surface area contributed by atoms with Crippen molar-refractivity contribution < 1.29 is 9.13 Å². The molecule has 4 aromatic rings. The molecule has 0 aliphatic carbocycles. The van der Waals surface area contributed by atoms with E-state index in [9.17, 15) is 9.18 Å². The number of hydrogen-bond donors (Lipinski definition) is 2. The predicted molar refractivity (Wildman–Crippen MR) is 128 cm³/mol. The highest BCUT2D eigenvalue weighted by Gasteiger charge is 2.21. The maximum absolute atomic E-state index is 13.9. The van der Waals surface area contributed by atoms with E-state index >= 15 is 0 Å². The third-order valence-corrected chi connectivity index (χ3v) is 6.65. The van der Waals surface area contributed by atoms with Crippen LogP contribution in [0.3, 0.4) is 0 Å². The molecule has 3 aromatic carbocycles. The maximum atomic E-state index is 13.9. The SMILES string of the molecule is O=c1[nH]c2cc(C=C3c4ccccc4COc4cc(F)ccc43)ccc2n1C1CCNCC1. The van der Waals surface area contributed by atoms with Crippen molar-refractivity contribution in [2.45, 2.75) is 25.5 Å². The van der Waals surface area contributed by atoms with Crippen molar-refractivity contribution in [1.29, 1.82) is 0 Å². The molecule has 2 aliphatic rings. The second-order valence-corrected chi connectivity index (χ2v) is 8.70. The molecule has 0 radical (unpaired) electrons. The number of benzene rings is 3. The first-order valence-electron chi connectivity index (χ1n) is 11.3. The molecule has 0 amide bonds. The molecule has 33 heavy (non-hydrogen) atoms. The van der Waals surface area contributed by atoms with Gasteiger partial charge in [0.2, 0.25) is 0 Å². The summed E-state index contributed by atoms with van der Waals surface area (Å²) in [6.07, 6.45) is 3.98. The number of nitrogens with one attached hydrogen (secondary N) is 2. The van der Waals surface area contributed by atoms with Gasteiger partial charge in [-0.1, -0.05) is 30.3 Å². The summed E-state index contributed by atoms with van der Waals surface area (Å²) in [5.74, 6) is 0.210. The minimum atomic E-state index is -0.322. The van der Waals surface area contributed by atoms with Crippen LogP contribution in [-0.2, 0) is 6.61 Å². The third-order valence-electron chi connectivity index (χ3n) is 6.65. The van der Waals surface area contributed by atoms with Gasteiger partial charge >= 0.3 is 5.69 Å². The van der Waals surface area contributed by atoms with Crippen molar-refractivity contribution in [3.05, 3.63) is 99.2 Å². The molecule has 5 nitrogen and oxygen atoms in total. The molecular formula is C27H24FN3O2. The van der Waals surface area contributed by atoms with E-state index in [0.717, 1.165) is 64.8 Å². The molecule has 1 aromatic heterocycles. The molecule has 6 rings (SSSR count). The lowest BCUT2D eigenvalue weighted by Gasteiger charge is -2.23. The summed E-state index contributed by atoms with van der Waals surface area (Å²) in [5, 5.41) is 3.36.